The maximum atomic E-state index is 9.87. The van der Waals surface area contributed by atoms with Crippen LogP contribution in [-0.2, 0) is 13.1 Å². The van der Waals surface area contributed by atoms with Gasteiger partial charge in [0, 0.05) is 60.4 Å². The molecule has 1 fully saturated rings. The lowest BCUT2D eigenvalue weighted by Gasteiger charge is -2.14. The fourth-order valence-electron chi connectivity index (χ4n) is 3.88. The lowest BCUT2D eigenvalue weighted by molar-refractivity contribution is 0.146. The summed E-state index contributed by atoms with van der Waals surface area (Å²) in [5.74, 6) is 0.315. The summed E-state index contributed by atoms with van der Waals surface area (Å²) in [6.45, 7) is 6.48. The Balaban J connectivity index is 0.00000182. The Morgan fingerprint density at radius 2 is 1.92 bits per heavy atom. The van der Waals surface area contributed by atoms with Gasteiger partial charge in [-0.05, 0) is 30.7 Å². The Bertz CT molecular complexity index is 861. The number of aliphatic hydroxyl groups is 1. The minimum atomic E-state index is -0.220. The summed E-state index contributed by atoms with van der Waals surface area (Å²) in [6.07, 6.45) is -0.220. The number of hydrogen-bond acceptors (Lipinski definition) is 3. The van der Waals surface area contributed by atoms with E-state index >= 15 is 0 Å². The van der Waals surface area contributed by atoms with Crippen LogP contribution in [0.1, 0.15) is 12.5 Å². The first-order valence-corrected chi connectivity index (χ1v) is 8.87. The van der Waals surface area contributed by atoms with Gasteiger partial charge in [-0.3, -0.25) is 0 Å². The normalized spacial score (nSPS) is 20.2. The predicted octanol–water partition coefficient (Wildman–Crippen LogP) is 2.91. The molecule has 4 rings (SSSR count). The monoisotopic (exact) mass is 359 g/mol. The highest BCUT2D eigenvalue weighted by molar-refractivity contribution is 6.08. The molecule has 4 nitrogen and oxygen atoms in total. The van der Waals surface area contributed by atoms with Crippen molar-refractivity contribution in [1.29, 1.82) is 0 Å². The maximum absolute atomic E-state index is 9.87. The van der Waals surface area contributed by atoms with Crippen LogP contribution in [0.25, 0.3) is 21.8 Å². The summed E-state index contributed by atoms with van der Waals surface area (Å²) in [4.78, 5) is 0. The summed E-state index contributed by atoms with van der Waals surface area (Å²) < 4.78 is 2.38. The zero-order valence-electron chi connectivity index (χ0n) is 14.5. The van der Waals surface area contributed by atoms with E-state index in [2.05, 4.69) is 64.6 Å². The van der Waals surface area contributed by atoms with Crippen molar-refractivity contribution in [2.24, 2.45) is 5.92 Å². The van der Waals surface area contributed by atoms with Crippen molar-refractivity contribution >= 4 is 34.2 Å². The van der Waals surface area contributed by atoms with Gasteiger partial charge in [0.05, 0.1) is 6.10 Å². The van der Waals surface area contributed by atoms with Crippen molar-refractivity contribution in [3.05, 3.63) is 48.0 Å². The number of β-amino-alcohol motifs (C(OH)–C–C–N with tert-alkyl or cyclic N) is 1. The second-order valence-corrected chi connectivity index (χ2v) is 6.73. The van der Waals surface area contributed by atoms with Crippen LogP contribution in [0, 0.1) is 5.92 Å². The lowest BCUT2D eigenvalue weighted by atomic mass is 10.1. The second kappa shape index (κ2) is 7.75. The van der Waals surface area contributed by atoms with Crippen molar-refractivity contribution in [3.63, 3.8) is 0 Å². The van der Waals surface area contributed by atoms with E-state index in [0.717, 1.165) is 32.7 Å². The molecule has 134 valence electrons. The summed E-state index contributed by atoms with van der Waals surface area (Å²) in [7, 11) is 0. The van der Waals surface area contributed by atoms with Crippen LogP contribution < -0.4 is 10.6 Å². The van der Waals surface area contributed by atoms with E-state index in [9.17, 15) is 5.11 Å². The standard InChI is InChI=1S/C20H25N3O.ClH/c1-2-23-18-6-4-3-5-16(18)17-9-14(7-8-19(17)23)10-21-11-15-12-22-13-20(15)24;/h3-9,15,20-22,24H,2,10-13H2,1H3;1H. The molecule has 0 bridgehead atoms. The third-order valence-electron chi connectivity index (χ3n) is 5.19. The summed E-state index contributed by atoms with van der Waals surface area (Å²) in [5, 5.41) is 19.3. The minimum absolute atomic E-state index is 0. The van der Waals surface area contributed by atoms with Crippen LogP contribution in [-0.4, -0.2) is 35.4 Å². The van der Waals surface area contributed by atoms with Crippen LogP contribution in [0.15, 0.2) is 42.5 Å². The van der Waals surface area contributed by atoms with Crippen LogP contribution in [0.4, 0.5) is 0 Å². The molecule has 5 heteroatoms. The number of fused-ring (bicyclic) bond motifs is 3. The molecule has 0 radical (unpaired) electrons. The van der Waals surface area contributed by atoms with Gasteiger partial charge in [-0.1, -0.05) is 24.3 Å². The van der Waals surface area contributed by atoms with Gasteiger partial charge in [0.2, 0.25) is 0 Å². The highest BCUT2D eigenvalue weighted by atomic mass is 35.5. The number of aromatic nitrogens is 1. The maximum Gasteiger partial charge on any atom is 0.0716 e. The molecule has 1 aromatic heterocycles. The van der Waals surface area contributed by atoms with E-state index in [0.29, 0.717) is 5.92 Å². The number of halogens is 1. The number of nitrogens with zero attached hydrogens (tertiary/aromatic N) is 1. The molecule has 1 aliphatic rings. The Labute approximate surface area is 154 Å². The number of nitrogens with one attached hydrogen (secondary N) is 2. The molecule has 3 N–H and O–H groups in total. The van der Waals surface area contributed by atoms with E-state index in [-0.39, 0.29) is 18.5 Å². The van der Waals surface area contributed by atoms with Crippen molar-refractivity contribution < 1.29 is 5.11 Å². The van der Waals surface area contributed by atoms with Gasteiger partial charge in [0.1, 0.15) is 0 Å². The van der Waals surface area contributed by atoms with E-state index in [4.69, 9.17) is 0 Å². The van der Waals surface area contributed by atoms with Gasteiger partial charge in [-0.15, -0.1) is 12.4 Å². The van der Waals surface area contributed by atoms with E-state index in [1.54, 1.807) is 0 Å². The largest absolute Gasteiger partial charge is 0.391 e. The third kappa shape index (κ3) is 3.40. The van der Waals surface area contributed by atoms with Gasteiger partial charge in [0.15, 0.2) is 0 Å². The average molecular weight is 360 g/mol. The van der Waals surface area contributed by atoms with Gasteiger partial charge >= 0.3 is 0 Å². The fraction of sp³-hybridized carbons (Fsp3) is 0.400. The van der Waals surface area contributed by atoms with Gasteiger partial charge < -0.3 is 20.3 Å². The van der Waals surface area contributed by atoms with E-state index in [1.165, 1.54) is 27.4 Å². The van der Waals surface area contributed by atoms with E-state index in [1.807, 2.05) is 0 Å². The molecule has 2 unspecified atom stereocenters. The van der Waals surface area contributed by atoms with Crippen molar-refractivity contribution in [1.82, 2.24) is 15.2 Å². The smallest absolute Gasteiger partial charge is 0.0716 e. The Kier molecular flexibility index (Phi) is 5.64. The lowest BCUT2D eigenvalue weighted by Crippen LogP contribution is -2.30. The number of rotatable bonds is 5. The first-order valence-electron chi connectivity index (χ1n) is 8.87. The first kappa shape index (κ1) is 18.2. The molecule has 1 saturated heterocycles. The molecule has 0 spiro atoms. The molecule has 2 aromatic carbocycles. The zero-order chi connectivity index (χ0) is 16.5. The first-order chi connectivity index (χ1) is 11.8. The highest BCUT2D eigenvalue weighted by Crippen LogP contribution is 2.29. The minimum Gasteiger partial charge on any atom is -0.391 e. The summed E-state index contributed by atoms with van der Waals surface area (Å²) in [6, 6.07) is 15.4. The molecular weight excluding hydrogens is 334 g/mol. The molecule has 0 amide bonds. The molecule has 3 aromatic rings. The molecule has 2 heterocycles. The van der Waals surface area contributed by atoms with Crippen LogP contribution in [0.2, 0.25) is 0 Å². The Hall–Kier alpha value is -1.59. The second-order valence-electron chi connectivity index (χ2n) is 6.73. The molecule has 0 saturated carbocycles. The summed E-state index contributed by atoms with van der Waals surface area (Å²) in [5.41, 5.74) is 3.90. The molecule has 25 heavy (non-hydrogen) atoms. The van der Waals surface area contributed by atoms with E-state index < -0.39 is 0 Å². The average Bonchev–Trinajstić information content (AvgIpc) is 3.16. The number of para-hydroxylation sites is 1. The highest BCUT2D eigenvalue weighted by Gasteiger charge is 2.24. The fourth-order valence-corrected chi connectivity index (χ4v) is 3.88. The Morgan fingerprint density at radius 1 is 1.12 bits per heavy atom. The quantitative estimate of drug-likeness (QED) is 0.656. The third-order valence-corrected chi connectivity index (χ3v) is 5.19. The SMILES string of the molecule is CCn1c2ccccc2c2cc(CNCC3CNCC3O)ccc21.Cl. The van der Waals surface area contributed by atoms with Gasteiger partial charge in [-0.25, -0.2) is 0 Å². The molecular formula is C20H26ClN3O. The topological polar surface area (TPSA) is 49.2 Å². The van der Waals surface area contributed by atoms with Crippen molar-refractivity contribution in [2.75, 3.05) is 19.6 Å². The predicted molar refractivity (Wildman–Crippen MR) is 106 cm³/mol. The van der Waals surface area contributed by atoms with Crippen LogP contribution in [0.3, 0.4) is 0 Å². The summed E-state index contributed by atoms with van der Waals surface area (Å²) >= 11 is 0. The Morgan fingerprint density at radius 3 is 2.68 bits per heavy atom. The van der Waals surface area contributed by atoms with Crippen LogP contribution in [0.5, 0.6) is 0 Å². The van der Waals surface area contributed by atoms with Gasteiger partial charge in [0.25, 0.3) is 0 Å². The van der Waals surface area contributed by atoms with Crippen molar-refractivity contribution in [3.8, 4) is 0 Å². The van der Waals surface area contributed by atoms with Crippen LogP contribution >= 0.6 is 12.4 Å². The number of benzene rings is 2. The number of hydrogen-bond donors (Lipinski definition) is 3. The molecule has 2 atom stereocenters. The number of aryl methyl sites for hydroxylation is 1. The zero-order valence-corrected chi connectivity index (χ0v) is 15.4. The van der Waals surface area contributed by atoms with Crippen molar-refractivity contribution in [2.45, 2.75) is 26.1 Å². The molecule has 0 aliphatic carbocycles. The van der Waals surface area contributed by atoms with Gasteiger partial charge in [-0.2, -0.15) is 0 Å². The molecule has 1 aliphatic heterocycles. The number of aliphatic hydroxyl groups excluding tert-OH is 1.